The number of hydrazine groups is 1. The maximum atomic E-state index is 14.5. The van der Waals surface area contributed by atoms with E-state index in [2.05, 4.69) is 36.8 Å². The minimum Gasteiger partial charge on any atom is -0.508 e. The van der Waals surface area contributed by atoms with Crippen molar-refractivity contribution in [2.75, 3.05) is 33.3 Å². The molecule has 302 valence electrons. The number of likely N-dealkylation sites (N-methyl/N-ethyl adjacent to an activating group) is 1. The zero-order valence-corrected chi connectivity index (χ0v) is 34.5. The van der Waals surface area contributed by atoms with Crippen LogP contribution in [0.4, 0.5) is 0 Å². The van der Waals surface area contributed by atoms with E-state index in [4.69, 9.17) is 15.6 Å². The number of carbonyl (C=O) groups is 4. The zero-order valence-electron chi connectivity index (χ0n) is 33.7. The summed E-state index contributed by atoms with van der Waals surface area (Å²) in [6.07, 6.45) is 5.12. The summed E-state index contributed by atoms with van der Waals surface area (Å²) in [7, 11) is 1.93. The van der Waals surface area contributed by atoms with E-state index in [1.807, 2.05) is 44.5 Å². The molecule has 54 heavy (non-hydrogen) atoms. The Hall–Kier alpha value is -3.59. The van der Waals surface area contributed by atoms with Crippen LogP contribution in [0, 0.1) is 11.8 Å². The Morgan fingerprint density at radius 2 is 1.81 bits per heavy atom. The third-order valence-electron chi connectivity index (χ3n) is 10.3. The van der Waals surface area contributed by atoms with Crippen LogP contribution in [0.5, 0.6) is 5.75 Å². The second kappa shape index (κ2) is 22.1. The molecular weight excluding hydrogens is 707 g/mol. The molecule has 1 aromatic carbocycles. The quantitative estimate of drug-likeness (QED) is 0.0623. The molecule has 0 bridgehead atoms. The number of phenolic OH excluding ortho intramolecular Hbond substituents is 1. The molecule has 14 heteroatoms. The number of hydrogen-bond acceptors (Lipinski definition) is 10. The molecule has 0 saturated carbocycles. The average Bonchev–Trinajstić information content (AvgIpc) is 3.65. The van der Waals surface area contributed by atoms with Gasteiger partial charge in [0.15, 0.2) is 0 Å². The number of rotatable bonds is 22. The molecule has 1 unspecified atom stereocenters. The molecule has 1 aromatic heterocycles. The van der Waals surface area contributed by atoms with Crippen molar-refractivity contribution in [3.8, 4) is 5.75 Å². The van der Waals surface area contributed by atoms with Gasteiger partial charge < -0.3 is 25.4 Å². The van der Waals surface area contributed by atoms with E-state index in [1.165, 1.54) is 11.3 Å². The number of aromatic nitrogens is 1. The fourth-order valence-electron chi connectivity index (χ4n) is 7.10. The van der Waals surface area contributed by atoms with Crippen molar-refractivity contribution in [1.82, 2.24) is 30.8 Å². The zero-order chi connectivity index (χ0) is 39.9. The number of benzene rings is 1. The van der Waals surface area contributed by atoms with E-state index in [0.717, 1.165) is 44.2 Å². The number of unbranched alkanes of at least 4 members (excludes halogenated alkanes) is 1. The number of ether oxygens (including phenoxy) is 1. The molecule has 4 amide bonds. The molecule has 0 spiro atoms. The Bertz CT molecular complexity index is 1520. The predicted octanol–water partition coefficient (Wildman–Crippen LogP) is 5.05. The molecule has 6 atom stereocenters. The van der Waals surface area contributed by atoms with Gasteiger partial charge in [0, 0.05) is 37.0 Å². The predicted molar refractivity (Wildman–Crippen MR) is 213 cm³/mol. The molecule has 1 aliphatic carbocycles. The molecule has 1 heterocycles. The molecule has 6 N–H and O–H groups in total. The van der Waals surface area contributed by atoms with E-state index in [9.17, 15) is 24.3 Å². The van der Waals surface area contributed by atoms with E-state index in [1.54, 1.807) is 23.6 Å². The van der Waals surface area contributed by atoms with E-state index < -0.39 is 24.0 Å². The van der Waals surface area contributed by atoms with Crippen LogP contribution in [0.15, 0.2) is 23.6 Å². The van der Waals surface area contributed by atoms with Crippen molar-refractivity contribution in [1.29, 1.82) is 0 Å². The van der Waals surface area contributed by atoms with Crippen molar-refractivity contribution in [3.63, 3.8) is 0 Å². The molecule has 0 aliphatic heterocycles. The second-order valence-electron chi connectivity index (χ2n) is 15.1. The maximum Gasteiger partial charge on any atom is 0.270 e. The number of amides is 4. The van der Waals surface area contributed by atoms with Crippen LogP contribution < -0.4 is 21.9 Å². The first-order chi connectivity index (χ1) is 25.8. The van der Waals surface area contributed by atoms with Crippen molar-refractivity contribution in [3.05, 3.63) is 45.4 Å². The lowest BCUT2D eigenvalue weighted by atomic mass is 9.79. The van der Waals surface area contributed by atoms with Gasteiger partial charge in [0.2, 0.25) is 17.7 Å². The highest BCUT2D eigenvalue weighted by Gasteiger charge is 2.37. The fraction of sp³-hybridized carbons (Fsp3) is 0.675. The highest BCUT2D eigenvalue weighted by molar-refractivity contribution is 7.09. The van der Waals surface area contributed by atoms with E-state index in [-0.39, 0.29) is 59.6 Å². The lowest BCUT2D eigenvalue weighted by Crippen LogP contribution is -2.56. The third-order valence-corrected chi connectivity index (χ3v) is 11.3. The van der Waals surface area contributed by atoms with Crippen LogP contribution in [0.2, 0.25) is 0 Å². The lowest BCUT2D eigenvalue weighted by Gasteiger charge is -2.39. The molecule has 1 aliphatic rings. The molecule has 0 radical (unpaired) electrons. The summed E-state index contributed by atoms with van der Waals surface area (Å²) < 4.78 is 6.41. The van der Waals surface area contributed by atoms with Gasteiger partial charge in [0.25, 0.3) is 5.91 Å². The number of fused-ring (bicyclic) bond motifs is 1. The van der Waals surface area contributed by atoms with Crippen LogP contribution >= 0.6 is 11.3 Å². The number of phenols is 1. The Morgan fingerprint density at radius 3 is 2.44 bits per heavy atom. The summed E-state index contributed by atoms with van der Waals surface area (Å²) in [4.78, 5) is 62.7. The van der Waals surface area contributed by atoms with Gasteiger partial charge >= 0.3 is 0 Å². The summed E-state index contributed by atoms with van der Waals surface area (Å²) >= 11 is 1.35. The van der Waals surface area contributed by atoms with Crippen LogP contribution in [0.3, 0.4) is 0 Å². The molecule has 0 saturated heterocycles. The Balaban J connectivity index is 1.83. The molecular formula is C40H65N7O6S. The fourth-order valence-corrected chi connectivity index (χ4v) is 7.96. The molecule has 0 fully saturated rings. The van der Waals surface area contributed by atoms with Crippen LogP contribution in [-0.2, 0) is 25.5 Å². The van der Waals surface area contributed by atoms with Crippen LogP contribution in [0.25, 0.3) is 0 Å². The standard InChI is InChI=1S/C40H65N7O6S/c1-9-13-17-46(8)23-35(49)44-36(26(7)12-4)40(52)47(16-10-2)33(25(5)6)22-34(53-18-11-3)39-43-32(24-54-39)38(51)42-28-19-27-14-15-29(48)21-30(27)31(20-28)37(50)45-41/h14-15,21,24-26,28,31,33-34,36,48H,9-13,16-20,22-23,41H2,1-8H3,(H,42,51)(H,44,49)(H,45,50)/t26-,28-,31+,33?,34+,36-/m0/s1. The lowest BCUT2D eigenvalue weighted by molar-refractivity contribution is -0.142. The smallest absolute Gasteiger partial charge is 0.270 e. The molecule has 2 aromatic rings. The minimum absolute atomic E-state index is 0.0612. The number of nitrogens with zero attached hydrogens (tertiary/aromatic N) is 3. The van der Waals surface area contributed by atoms with Crippen LogP contribution in [0.1, 0.15) is 132 Å². The number of nitrogens with two attached hydrogens (primary N) is 1. The number of nitrogens with one attached hydrogen (secondary N) is 3. The van der Waals surface area contributed by atoms with Gasteiger partial charge in [0.05, 0.1) is 12.5 Å². The van der Waals surface area contributed by atoms with Gasteiger partial charge in [-0.25, -0.2) is 10.8 Å². The first kappa shape index (κ1) is 44.8. The average molecular weight is 772 g/mol. The Kier molecular flexibility index (Phi) is 18.3. The topological polar surface area (TPSA) is 179 Å². The van der Waals surface area contributed by atoms with E-state index >= 15 is 0 Å². The van der Waals surface area contributed by atoms with E-state index in [0.29, 0.717) is 43.0 Å². The van der Waals surface area contributed by atoms with Crippen molar-refractivity contribution >= 4 is 35.0 Å². The monoisotopic (exact) mass is 771 g/mol. The molecule has 13 nitrogen and oxygen atoms in total. The number of hydrogen-bond donors (Lipinski definition) is 5. The van der Waals surface area contributed by atoms with Gasteiger partial charge in [-0.2, -0.15) is 0 Å². The van der Waals surface area contributed by atoms with Crippen LogP contribution in [-0.4, -0.2) is 94.9 Å². The first-order valence-electron chi connectivity index (χ1n) is 19.8. The normalized spacial score (nSPS) is 17.7. The number of carbonyl (C=O) groups excluding carboxylic acids is 4. The van der Waals surface area contributed by atoms with Gasteiger partial charge in [0.1, 0.15) is 28.6 Å². The summed E-state index contributed by atoms with van der Waals surface area (Å²) in [6, 6.07) is 3.67. The maximum absolute atomic E-state index is 14.5. The highest BCUT2D eigenvalue weighted by Crippen LogP contribution is 2.35. The highest BCUT2D eigenvalue weighted by atomic mass is 32.1. The summed E-state index contributed by atoms with van der Waals surface area (Å²) in [6.45, 7) is 16.5. The van der Waals surface area contributed by atoms with Gasteiger partial charge in [-0.3, -0.25) is 29.5 Å². The SMILES string of the molecule is CCCCN(C)CC(=O)N[C@H](C(=O)N(CCC)C(C[C@@H](OCCC)c1nc(C(=O)N[C@H]2Cc3ccc(O)cc3[C@H](C(=O)NN)C2)cs1)C(C)C)[C@@H](C)CC. The van der Waals surface area contributed by atoms with Crippen molar-refractivity contribution < 1.29 is 29.0 Å². The second-order valence-corrected chi connectivity index (χ2v) is 16.0. The minimum atomic E-state index is -0.659. The third kappa shape index (κ3) is 12.5. The Morgan fingerprint density at radius 1 is 1.07 bits per heavy atom. The summed E-state index contributed by atoms with van der Waals surface area (Å²) in [5.41, 5.74) is 4.01. The summed E-state index contributed by atoms with van der Waals surface area (Å²) in [5, 5.41) is 18.6. The number of thiazole rings is 1. The summed E-state index contributed by atoms with van der Waals surface area (Å²) in [5.74, 6) is 3.92. The Labute approximate surface area is 326 Å². The van der Waals surface area contributed by atoms with Gasteiger partial charge in [-0.1, -0.05) is 67.4 Å². The largest absolute Gasteiger partial charge is 0.508 e. The first-order valence-corrected chi connectivity index (χ1v) is 20.6. The number of aromatic hydroxyl groups is 1. The molecule has 3 rings (SSSR count). The van der Waals surface area contributed by atoms with Gasteiger partial charge in [-0.15, -0.1) is 11.3 Å². The van der Waals surface area contributed by atoms with Crippen molar-refractivity contribution in [2.45, 2.75) is 130 Å². The van der Waals surface area contributed by atoms with Gasteiger partial charge in [-0.05, 0) is 80.8 Å². The van der Waals surface area contributed by atoms with Crippen molar-refractivity contribution in [2.24, 2.45) is 17.7 Å².